The Bertz CT molecular complexity index is 1390. The zero-order chi connectivity index (χ0) is 23.0. The molecule has 0 bridgehead atoms. The lowest BCUT2D eigenvalue weighted by atomic mass is 10.1. The van der Waals surface area contributed by atoms with Gasteiger partial charge in [-0.15, -0.1) is 0 Å². The van der Waals surface area contributed by atoms with Crippen LogP contribution in [0.1, 0.15) is 32.0 Å². The number of amides is 1. The second-order valence-electron chi connectivity index (χ2n) is 7.12. The van der Waals surface area contributed by atoms with Crippen molar-refractivity contribution in [2.75, 3.05) is 11.1 Å². The molecule has 0 spiro atoms. The number of nitro benzene ring substituents is 1. The zero-order valence-electron chi connectivity index (χ0n) is 16.8. The van der Waals surface area contributed by atoms with Gasteiger partial charge in [0.1, 0.15) is 5.69 Å². The quantitative estimate of drug-likeness (QED) is 0.256. The lowest BCUT2D eigenvalue weighted by Crippen LogP contribution is -2.14. The molecule has 8 nitrogen and oxygen atoms in total. The average Bonchev–Trinajstić information content (AvgIpc) is 3.08. The minimum absolute atomic E-state index is 0.000767. The summed E-state index contributed by atoms with van der Waals surface area (Å²) in [5.41, 5.74) is 8.28. The molecule has 32 heavy (non-hydrogen) atoms. The SMILES string of the molecule is Cc1cccc(NC(=O)c2c(N)c(C(=O)c3ccc([N+](=O)[O-])cc3)n3ccccc23)c1Cl. The van der Waals surface area contributed by atoms with Crippen LogP contribution in [0.4, 0.5) is 17.1 Å². The molecular formula is C23H17ClN4O4. The number of nitrogens with one attached hydrogen (secondary N) is 1. The van der Waals surface area contributed by atoms with Crippen LogP contribution in [0.25, 0.3) is 5.52 Å². The van der Waals surface area contributed by atoms with Gasteiger partial charge in [-0.3, -0.25) is 19.7 Å². The Hall–Kier alpha value is -4.17. The minimum atomic E-state index is -0.547. The Morgan fingerprint density at radius 3 is 2.47 bits per heavy atom. The molecule has 0 atom stereocenters. The normalized spacial score (nSPS) is 10.8. The van der Waals surface area contributed by atoms with E-state index in [4.69, 9.17) is 17.3 Å². The topological polar surface area (TPSA) is 120 Å². The fraction of sp³-hybridized carbons (Fsp3) is 0.0435. The van der Waals surface area contributed by atoms with Gasteiger partial charge in [0.05, 0.1) is 32.4 Å². The number of aryl methyl sites for hydroxylation is 1. The third-order valence-electron chi connectivity index (χ3n) is 5.10. The van der Waals surface area contributed by atoms with Crippen molar-refractivity contribution in [2.24, 2.45) is 0 Å². The maximum atomic E-state index is 13.2. The van der Waals surface area contributed by atoms with E-state index in [0.29, 0.717) is 16.2 Å². The highest BCUT2D eigenvalue weighted by atomic mass is 35.5. The molecule has 0 saturated carbocycles. The number of anilines is 2. The van der Waals surface area contributed by atoms with Crippen LogP contribution in [0, 0.1) is 17.0 Å². The van der Waals surface area contributed by atoms with Crippen LogP contribution in [0.3, 0.4) is 0 Å². The number of rotatable bonds is 5. The van der Waals surface area contributed by atoms with E-state index in [1.165, 1.54) is 28.7 Å². The Balaban J connectivity index is 1.80. The van der Waals surface area contributed by atoms with Crippen molar-refractivity contribution in [2.45, 2.75) is 6.92 Å². The molecule has 2 aromatic heterocycles. The van der Waals surface area contributed by atoms with Crippen molar-refractivity contribution in [3.05, 3.63) is 104 Å². The Labute approximate surface area is 187 Å². The third kappa shape index (κ3) is 3.57. The predicted molar refractivity (Wildman–Crippen MR) is 122 cm³/mol. The maximum absolute atomic E-state index is 13.2. The largest absolute Gasteiger partial charge is 0.396 e. The van der Waals surface area contributed by atoms with Gasteiger partial charge in [-0.05, 0) is 42.8 Å². The van der Waals surface area contributed by atoms with Gasteiger partial charge in [0.25, 0.3) is 11.6 Å². The van der Waals surface area contributed by atoms with Crippen LogP contribution < -0.4 is 11.1 Å². The first-order chi connectivity index (χ1) is 15.3. The highest BCUT2D eigenvalue weighted by molar-refractivity contribution is 6.35. The molecule has 160 valence electrons. The lowest BCUT2D eigenvalue weighted by Gasteiger charge is -2.09. The first-order valence-corrected chi connectivity index (χ1v) is 9.91. The van der Waals surface area contributed by atoms with Crippen LogP contribution in [-0.4, -0.2) is 21.0 Å². The van der Waals surface area contributed by atoms with E-state index in [0.717, 1.165) is 5.56 Å². The zero-order valence-corrected chi connectivity index (χ0v) is 17.6. The van der Waals surface area contributed by atoms with Crippen molar-refractivity contribution in [3.63, 3.8) is 0 Å². The van der Waals surface area contributed by atoms with Gasteiger partial charge in [-0.1, -0.05) is 29.8 Å². The summed E-state index contributed by atoms with van der Waals surface area (Å²) in [6, 6.07) is 15.6. The van der Waals surface area contributed by atoms with Gasteiger partial charge in [-0.2, -0.15) is 0 Å². The molecule has 0 aliphatic heterocycles. The maximum Gasteiger partial charge on any atom is 0.269 e. The van der Waals surface area contributed by atoms with Gasteiger partial charge in [0, 0.05) is 23.9 Å². The third-order valence-corrected chi connectivity index (χ3v) is 5.61. The summed E-state index contributed by atoms with van der Waals surface area (Å²) in [7, 11) is 0. The molecule has 2 aromatic carbocycles. The monoisotopic (exact) mass is 448 g/mol. The molecule has 0 aliphatic rings. The number of nitrogens with two attached hydrogens (primary N) is 1. The standard InChI is InChI=1S/C23H17ClN4O4/c1-13-5-4-6-16(19(13)24)26-23(30)18-17-7-2-3-12-27(17)21(20(18)25)22(29)14-8-10-15(11-9-14)28(31)32/h2-12H,25H2,1H3,(H,26,30). The summed E-state index contributed by atoms with van der Waals surface area (Å²) in [5, 5.41) is 14.1. The Kier molecular flexibility index (Phi) is 5.38. The van der Waals surface area contributed by atoms with Gasteiger partial charge < -0.3 is 15.5 Å². The molecule has 9 heteroatoms. The number of ketones is 1. The van der Waals surface area contributed by atoms with E-state index in [1.807, 2.05) is 13.0 Å². The first kappa shape index (κ1) is 21.1. The van der Waals surface area contributed by atoms with E-state index in [2.05, 4.69) is 5.32 Å². The number of non-ortho nitro benzene ring substituents is 1. The second kappa shape index (κ2) is 8.16. The van der Waals surface area contributed by atoms with Gasteiger partial charge in [0.15, 0.2) is 0 Å². The number of halogens is 1. The number of benzene rings is 2. The smallest absolute Gasteiger partial charge is 0.269 e. The fourth-order valence-electron chi connectivity index (χ4n) is 3.50. The fourth-order valence-corrected chi connectivity index (χ4v) is 3.67. The van der Waals surface area contributed by atoms with Crippen LogP contribution in [-0.2, 0) is 0 Å². The molecule has 0 unspecified atom stereocenters. The summed E-state index contributed by atoms with van der Waals surface area (Å²) in [5.74, 6) is -0.979. The van der Waals surface area contributed by atoms with E-state index < -0.39 is 16.6 Å². The first-order valence-electron chi connectivity index (χ1n) is 9.53. The minimum Gasteiger partial charge on any atom is -0.396 e. The average molecular weight is 449 g/mol. The van der Waals surface area contributed by atoms with Crippen molar-refractivity contribution in [1.82, 2.24) is 4.40 Å². The number of fused-ring (bicyclic) bond motifs is 1. The highest BCUT2D eigenvalue weighted by Crippen LogP contribution is 2.31. The molecule has 0 fully saturated rings. The van der Waals surface area contributed by atoms with Crippen LogP contribution in [0.15, 0.2) is 66.9 Å². The molecule has 4 rings (SSSR count). The molecule has 1 amide bonds. The number of carbonyl (C=O) groups is 2. The number of pyridine rings is 1. The van der Waals surface area contributed by atoms with Crippen molar-refractivity contribution >= 4 is 45.9 Å². The van der Waals surface area contributed by atoms with Gasteiger partial charge >= 0.3 is 0 Å². The molecule has 0 aliphatic carbocycles. The predicted octanol–water partition coefficient (Wildman–Crippen LogP) is 4.87. The van der Waals surface area contributed by atoms with Crippen molar-refractivity contribution in [1.29, 1.82) is 0 Å². The molecule has 2 heterocycles. The molecular weight excluding hydrogens is 432 g/mol. The lowest BCUT2D eigenvalue weighted by molar-refractivity contribution is -0.384. The number of nitrogens with zero attached hydrogens (tertiary/aromatic N) is 2. The molecule has 4 aromatic rings. The Morgan fingerprint density at radius 1 is 1.06 bits per heavy atom. The number of aromatic nitrogens is 1. The Morgan fingerprint density at radius 2 is 1.78 bits per heavy atom. The molecule has 0 radical (unpaired) electrons. The van der Waals surface area contributed by atoms with Crippen LogP contribution in [0.5, 0.6) is 0 Å². The summed E-state index contributed by atoms with van der Waals surface area (Å²) >= 11 is 6.30. The summed E-state index contributed by atoms with van der Waals surface area (Å²) in [4.78, 5) is 36.7. The van der Waals surface area contributed by atoms with Gasteiger partial charge in [-0.25, -0.2) is 0 Å². The van der Waals surface area contributed by atoms with E-state index in [1.54, 1.807) is 36.5 Å². The van der Waals surface area contributed by atoms with Crippen molar-refractivity contribution in [3.8, 4) is 0 Å². The summed E-state index contributed by atoms with van der Waals surface area (Å²) in [6.07, 6.45) is 1.63. The number of hydrogen-bond donors (Lipinski definition) is 2. The van der Waals surface area contributed by atoms with E-state index in [9.17, 15) is 19.7 Å². The number of nitro groups is 1. The van der Waals surface area contributed by atoms with E-state index >= 15 is 0 Å². The number of carbonyl (C=O) groups excluding carboxylic acids is 2. The molecule has 0 saturated heterocycles. The van der Waals surface area contributed by atoms with E-state index in [-0.39, 0.29) is 28.2 Å². The molecule has 3 N–H and O–H groups in total. The second-order valence-corrected chi connectivity index (χ2v) is 7.49. The summed E-state index contributed by atoms with van der Waals surface area (Å²) < 4.78 is 1.53. The van der Waals surface area contributed by atoms with Crippen molar-refractivity contribution < 1.29 is 14.5 Å². The van der Waals surface area contributed by atoms with Crippen LogP contribution >= 0.6 is 11.6 Å². The summed E-state index contributed by atoms with van der Waals surface area (Å²) in [6.45, 7) is 1.82. The van der Waals surface area contributed by atoms with Crippen LogP contribution in [0.2, 0.25) is 5.02 Å². The number of nitrogen functional groups attached to an aromatic ring is 1. The van der Waals surface area contributed by atoms with Gasteiger partial charge in [0.2, 0.25) is 5.78 Å². The number of hydrogen-bond acceptors (Lipinski definition) is 5. The highest BCUT2D eigenvalue weighted by Gasteiger charge is 2.26.